The molecule has 0 aromatic heterocycles. The Morgan fingerprint density at radius 1 is 1.07 bits per heavy atom. The summed E-state index contributed by atoms with van der Waals surface area (Å²) < 4.78 is 6.62. The molecule has 1 amide bonds. The van der Waals surface area contributed by atoms with Crippen molar-refractivity contribution in [1.82, 2.24) is 0 Å². The van der Waals surface area contributed by atoms with Crippen LogP contribution >= 0.6 is 11.9 Å². The molecule has 2 saturated carbocycles. The van der Waals surface area contributed by atoms with Gasteiger partial charge in [-0.05, 0) is 128 Å². The number of rotatable bonds is 12. The molecule has 2 fully saturated rings. The number of nitrogens with zero attached hydrogens (tertiary/aromatic N) is 1. The number of hydrogen-bond donors (Lipinski definition) is 2. The molecule has 0 spiro atoms. The van der Waals surface area contributed by atoms with Gasteiger partial charge < -0.3 is 14.9 Å². The second-order valence-corrected chi connectivity index (χ2v) is 15.1. The maximum Gasteiger partial charge on any atom is 0.321 e. The van der Waals surface area contributed by atoms with Gasteiger partial charge in [0.2, 0.25) is 0 Å². The van der Waals surface area contributed by atoms with Gasteiger partial charge in [-0.3, -0.25) is 0 Å². The van der Waals surface area contributed by atoms with Crippen molar-refractivity contribution in [2.45, 2.75) is 103 Å². The number of aliphatic hydroxyl groups excluding tert-OH is 1. The molecule has 5 nitrogen and oxygen atoms in total. The van der Waals surface area contributed by atoms with Crippen molar-refractivity contribution in [3.8, 4) is 11.5 Å². The van der Waals surface area contributed by atoms with E-state index in [2.05, 4.69) is 51.2 Å². The average molecular weight is 595 g/mol. The Bertz CT molecular complexity index is 1220. The molecule has 7 atom stereocenters. The van der Waals surface area contributed by atoms with E-state index in [9.17, 15) is 15.0 Å². The summed E-state index contributed by atoms with van der Waals surface area (Å²) in [5.74, 6) is 4.41. The van der Waals surface area contributed by atoms with Gasteiger partial charge in [0.15, 0.2) is 0 Å². The molecular formula is C36H52NO4S+. The number of carbonyl (C=O) groups is 1. The molecule has 42 heavy (non-hydrogen) atoms. The average Bonchev–Trinajstić information content (AvgIpc) is 3.28. The quantitative estimate of drug-likeness (QED) is 0.148. The first kappa shape index (κ1) is 31.4. The standard InChI is InChI=1S/C36H51NO4S/c1-5-6-20-37(4,25(2)38)42-22-9-7-8-21-41-29-14-10-26(11-15-29)32-24-36(3)33(18-19-34(36)40)31-16-12-27-23-28(39)13-17-30(27)35(31)32/h10-11,13-15,17,23,31-35,40H,5-9,12,16,18-22,24H2,1-4H3/p+1/t31?,32-,33?,34+,35?,36+,37?/m1/s1. The van der Waals surface area contributed by atoms with E-state index in [1.54, 1.807) is 18.9 Å². The monoisotopic (exact) mass is 594 g/mol. The van der Waals surface area contributed by atoms with Gasteiger partial charge in [-0.1, -0.05) is 38.5 Å². The number of phenols is 1. The van der Waals surface area contributed by atoms with Gasteiger partial charge in [0.25, 0.3) is 0 Å². The van der Waals surface area contributed by atoms with Crippen LogP contribution in [0.5, 0.6) is 11.5 Å². The number of benzene rings is 2. The van der Waals surface area contributed by atoms with Crippen LogP contribution in [0.3, 0.4) is 0 Å². The van der Waals surface area contributed by atoms with E-state index in [4.69, 9.17) is 4.74 Å². The molecule has 6 heteroatoms. The molecule has 3 aliphatic carbocycles. The fourth-order valence-electron chi connectivity index (χ4n) is 8.41. The van der Waals surface area contributed by atoms with Gasteiger partial charge in [-0.2, -0.15) is 0 Å². The van der Waals surface area contributed by atoms with Gasteiger partial charge in [0.1, 0.15) is 11.5 Å². The Balaban J connectivity index is 1.18. The van der Waals surface area contributed by atoms with E-state index in [1.165, 1.54) is 16.7 Å². The van der Waals surface area contributed by atoms with E-state index in [-0.39, 0.29) is 17.4 Å². The van der Waals surface area contributed by atoms with Crippen LogP contribution in [0.1, 0.15) is 107 Å². The molecule has 3 aliphatic rings. The third-order valence-corrected chi connectivity index (χ3v) is 12.5. The molecule has 0 aliphatic heterocycles. The van der Waals surface area contributed by atoms with Crippen LogP contribution < -0.4 is 4.74 Å². The predicted octanol–water partition coefficient (Wildman–Crippen LogP) is 7.99. The molecular weight excluding hydrogens is 542 g/mol. The number of aromatic hydroxyl groups is 1. The van der Waals surface area contributed by atoms with Crippen LogP contribution in [-0.2, 0) is 11.2 Å². The highest BCUT2D eigenvalue weighted by atomic mass is 32.2. The first-order chi connectivity index (χ1) is 20.2. The minimum atomic E-state index is -0.223. The maximum atomic E-state index is 12.1. The number of fused-ring (bicyclic) bond motifs is 5. The van der Waals surface area contributed by atoms with Gasteiger partial charge in [-0.15, -0.1) is 0 Å². The Morgan fingerprint density at radius 3 is 2.60 bits per heavy atom. The summed E-state index contributed by atoms with van der Waals surface area (Å²) in [4.78, 5) is 12.1. The molecule has 0 heterocycles. The normalized spacial score (nSPS) is 29.7. The first-order valence-corrected chi connectivity index (χ1v) is 17.3. The number of unbranched alkanes of at least 4 members (excludes halogenated alkanes) is 3. The van der Waals surface area contributed by atoms with Crippen LogP contribution in [-0.4, -0.2) is 52.1 Å². The molecule has 5 rings (SSSR count). The fourth-order valence-corrected chi connectivity index (χ4v) is 9.59. The number of aliphatic hydroxyl groups is 1. The van der Waals surface area contributed by atoms with Crippen LogP contribution in [0.15, 0.2) is 42.5 Å². The summed E-state index contributed by atoms with van der Waals surface area (Å²) in [5.41, 5.74) is 4.00. The third-order valence-electron chi connectivity index (χ3n) is 11.0. The van der Waals surface area contributed by atoms with E-state index >= 15 is 0 Å². The Morgan fingerprint density at radius 2 is 1.86 bits per heavy atom. The second-order valence-electron chi connectivity index (χ2n) is 13.6. The lowest BCUT2D eigenvalue weighted by Gasteiger charge is -2.54. The van der Waals surface area contributed by atoms with E-state index in [0.29, 0.717) is 39.9 Å². The van der Waals surface area contributed by atoms with Crippen LogP contribution in [0.4, 0.5) is 0 Å². The molecule has 0 saturated heterocycles. The van der Waals surface area contributed by atoms with Gasteiger partial charge in [0.05, 0.1) is 45.2 Å². The number of aryl methyl sites for hydroxylation is 1. The number of carbonyl (C=O) groups excluding carboxylic acids is 1. The first-order valence-electron chi connectivity index (χ1n) is 16.4. The Hall–Kier alpha value is -2.02. The summed E-state index contributed by atoms with van der Waals surface area (Å²) in [6.45, 7) is 7.84. The van der Waals surface area contributed by atoms with Crippen molar-refractivity contribution in [3.63, 3.8) is 0 Å². The molecule has 230 valence electrons. The number of phenolic OH excluding ortho intramolecular Hbond substituents is 1. The summed E-state index contributed by atoms with van der Waals surface area (Å²) in [7, 11) is 2.05. The topological polar surface area (TPSA) is 66.8 Å². The summed E-state index contributed by atoms with van der Waals surface area (Å²) in [5, 5.41) is 21.3. The fraction of sp³-hybridized carbons (Fsp3) is 0.639. The highest BCUT2D eigenvalue weighted by molar-refractivity contribution is 7.94. The number of amides is 1. The SMILES string of the molecule is CCCC[N+](C)(SCCCCCOc1ccc([C@H]2C[C@@]3(C)C(CC[C@@H]3O)C3CCc4cc(O)ccc4C32)cc1)C(C)=O. The molecule has 0 bridgehead atoms. The molecule has 0 radical (unpaired) electrons. The summed E-state index contributed by atoms with van der Waals surface area (Å²) in [6.07, 6.45) is 10.4. The van der Waals surface area contributed by atoms with Gasteiger partial charge in [-0.25, -0.2) is 8.68 Å². The van der Waals surface area contributed by atoms with Crippen molar-refractivity contribution < 1.29 is 23.6 Å². The van der Waals surface area contributed by atoms with Crippen LogP contribution in [0.2, 0.25) is 0 Å². The molecule has 4 unspecified atom stereocenters. The van der Waals surface area contributed by atoms with Gasteiger partial charge >= 0.3 is 5.91 Å². The molecule has 2 N–H and O–H groups in total. The smallest absolute Gasteiger partial charge is 0.321 e. The third kappa shape index (κ3) is 6.42. The van der Waals surface area contributed by atoms with E-state index in [0.717, 1.165) is 82.3 Å². The second kappa shape index (κ2) is 13.3. The lowest BCUT2D eigenvalue weighted by Crippen LogP contribution is -2.47. The van der Waals surface area contributed by atoms with Crippen molar-refractivity contribution >= 4 is 17.9 Å². The zero-order valence-corrected chi connectivity index (χ0v) is 27.0. The van der Waals surface area contributed by atoms with Gasteiger partial charge in [0, 0.05) is 5.75 Å². The molecule has 2 aromatic carbocycles. The highest BCUT2D eigenvalue weighted by Gasteiger charge is 2.57. The Labute approximate surface area is 257 Å². The van der Waals surface area contributed by atoms with Crippen LogP contribution in [0.25, 0.3) is 0 Å². The van der Waals surface area contributed by atoms with E-state index < -0.39 is 0 Å². The van der Waals surface area contributed by atoms with Crippen molar-refractivity contribution in [1.29, 1.82) is 0 Å². The Kier molecular flexibility index (Phi) is 9.96. The number of ether oxygens (including phenoxy) is 1. The number of quaternary nitrogens is 1. The minimum Gasteiger partial charge on any atom is -0.508 e. The largest absolute Gasteiger partial charge is 0.508 e. The van der Waals surface area contributed by atoms with Crippen molar-refractivity contribution in [3.05, 3.63) is 59.2 Å². The van der Waals surface area contributed by atoms with Crippen molar-refractivity contribution in [2.24, 2.45) is 17.3 Å². The zero-order chi connectivity index (χ0) is 29.9. The van der Waals surface area contributed by atoms with Crippen molar-refractivity contribution in [2.75, 3.05) is 26.0 Å². The predicted molar refractivity (Wildman–Crippen MR) is 172 cm³/mol. The maximum absolute atomic E-state index is 12.1. The lowest BCUT2D eigenvalue weighted by molar-refractivity contribution is -0.692. The minimum absolute atomic E-state index is 0.0373. The highest BCUT2D eigenvalue weighted by Crippen LogP contribution is 2.65. The van der Waals surface area contributed by atoms with E-state index in [1.807, 2.05) is 12.1 Å². The summed E-state index contributed by atoms with van der Waals surface area (Å²) in [6, 6.07) is 14.8. The van der Waals surface area contributed by atoms with Crippen LogP contribution in [0, 0.1) is 17.3 Å². The number of hydrogen-bond acceptors (Lipinski definition) is 5. The molecule has 2 aromatic rings. The zero-order valence-electron chi connectivity index (χ0n) is 26.2. The lowest BCUT2D eigenvalue weighted by atomic mass is 9.51. The summed E-state index contributed by atoms with van der Waals surface area (Å²) >= 11 is 1.77.